The first kappa shape index (κ1) is 10.6. The Bertz CT molecular complexity index is 707. The van der Waals surface area contributed by atoms with Crippen LogP contribution in [0.3, 0.4) is 0 Å². The highest BCUT2D eigenvalue weighted by Gasteiger charge is 2.37. The molecule has 3 rings (SSSR count). The highest BCUT2D eigenvalue weighted by molar-refractivity contribution is 6.26. The number of carbonyl (C=O) groups excluding carboxylic acids is 2. The van der Waals surface area contributed by atoms with Gasteiger partial charge in [0, 0.05) is 11.8 Å². The van der Waals surface area contributed by atoms with Crippen molar-refractivity contribution in [2.75, 3.05) is 0 Å². The fraction of sp³-hybridized carbons (Fsp3) is 0.0769. The number of hydrogen-bond acceptors (Lipinski definition) is 4. The SMILES string of the molecule is Cc1cc2c([n+]([O-])c1)C(=O)c1cccnc1C2=O. The average molecular weight is 240 g/mol. The summed E-state index contributed by atoms with van der Waals surface area (Å²) in [6.45, 7) is 1.69. The number of hydrogen-bond donors (Lipinski definition) is 0. The second kappa shape index (κ2) is 3.46. The Morgan fingerprint density at radius 2 is 2.00 bits per heavy atom. The van der Waals surface area contributed by atoms with Gasteiger partial charge in [0.15, 0.2) is 6.20 Å². The topological polar surface area (TPSA) is 74.0 Å². The summed E-state index contributed by atoms with van der Waals surface area (Å²) in [4.78, 5) is 28.3. The number of rotatable bonds is 0. The number of carbonyl (C=O) groups is 2. The Hall–Kier alpha value is -2.56. The number of aryl methyl sites for hydroxylation is 1. The second-order valence-corrected chi connectivity index (χ2v) is 4.16. The lowest BCUT2D eigenvalue weighted by atomic mass is 9.90. The first-order valence-corrected chi connectivity index (χ1v) is 5.38. The number of fused-ring (bicyclic) bond motifs is 2. The van der Waals surface area contributed by atoms with Crippen LogP contribution >= 0.6 is 0 Å². The van der Waals surface area contributed by atoms with Crippen molar-refractivity contribution in [2.45, 2.75) is 6.92 Å². The summed E-state index contributed by atoms with van der Waals surface area (Å²) in [6, 6.07) is 4.62. The maximum atomic E-state index is 12.2. The van der Waals surface area contributed by atoms with Crippen LogP contribution in [-0.2, 0) is 0 Å². The van der Waals surface area contributed by atoms with Crippen molar-refractivity contribution < 1.29 is 14.3 Å². The van der Waals surface area contributed by atoms with Gasteiger partial charge in [0.25, 0.3) is 11.5 Å². The molecule has 2 heterocycles. The van der Waals surface area contributed by atoms with Crippen LogP contribution in [0.1, 0.15) is 37.7 Å². The van der Waals surface area contributed by atoms with Gasteiger partial charge >= 0.3 is 0 Å². The molecule has 2 aromatic heterocycles. The lowest BCUT2D eigenvalue weighted by molar-refractivity contribution is -0.608. The largest absolute Gasteiger partial charge is 0.618 e. The fourth-order valence-electron chi connectivity index (χ4n) is 2.12. The van der Waals surface area contributed by atoms with E-state index in [9.17, 15) is 14.8 Å². The Morgan fingerprint density at radius 1 is 1.22 bits per heavy atom. The van der Waals surface area contributed by atoms with E-state index in [0.29, 0.717) is 10.3 Å². The molecule has 88 valence electrons. The molecule has 0 unspecified atom stereocenters. The molecule has 0 saturated heterocycles. The van der Waals surface area contributed by atoms with E-state index in [1.807, 2.05) is 0 Å². The van der Waals surface area contributed by atoms with Gasteiger partial charge < -0.3 is 5.21 Å². The smallest absolute Gasteiger partial charge is 0.276 e. The van der Waals surface area contributed by atoms with E-state index in [4.69, 9.17) is 0 Å². The molecule has 0 aliphatic heterocycles. The van der Waals surface area contributed by atoms with Gasteiger partial charge in [-0.25, -0.2) is 0 Å². The van der Waals surface area contributed by atoms with Crippen molar-refractivity contribution in [2.24, 2.45) is 0 Å². The van der Waals surface area contributed by atoms with Crippen LogP contribution < -0.4 is 4.73 Å². The highest BCUT2D eigenvalue weighted by atomic mass is 16.5. The van der Waals surface area contributed by atoms with Crippen molar-refractivity contribution in [3.63, 3.8) is 0 Å². The summed E-state index contributed by atoms with van der Waals surface area (Å²) in [5.74, 6) is -0.837. The molecule has 5 nitrogen and oxygen atoms in total. The van der Waals surface area contributed by atoms with Gasteiger partial charge in [-0.1, -0.05) is 0 Å². The van der Waals surface area contributed by atoms with Crippen molar-refractivity contribution in [1.82, 2.24) is 4.98 Å². The molecule has 18 heavy (non-hydrogen) atoms. The zero-order valence-electron chi connectivity index (χ0n) is 9.51. The van der Waals surface area contributed by atoms with Gasteiger partial charge in [0.05, 0.1) is 5.56 Å². The Morgan fingerprint density at radius 3 is 2.78 bits per heavy atom. The molecule has 5 heteroatoms. The molecule has 0 amide bonds. The normalized spacial score (nSPS) is 13.2. The van der Waals surface area contributed by atoms with Crippen LogP contribution in [0.25, 0.3) is 0 Å². The minimum Gasteiger partial charge on any atom is -0.618 e. The average Bonchev–Trinajstić information content (AvgIpc) is 2.35. The van der Waals surface area contributed by atoms with Gasteiger partial charge in [0.2, 0.25) is 5.78 Å². The van der Waals surface area contributed by atoms with Crippen LogP contribution in [0.4, 0.5) is 0 Å². The molecule has 0 N–H and O–H groups in total. The third-order valence-electron chi connectivity index (χ3n) is 2.90. The molecule has 0 atom stereocenters. The number of nitrogens with zero attached hydrogens (tertiary/aromatic N) is 2. The standard InChI is InChI=1S/C13H8N2O3/c1-7-5-9-11(15(18)6-7)13(17)8-3-2-4-14-10(8)12(9)16/h2-6H,1H3. The van der Waals surface area contributed by atoms with Crippen molar-refractivity contribution in [3.05, 3.63) is 63.9 Å². The van der Waals surface area contributed by atoms with Gasteiger partial charge in [-0.3, -0.25) is 14.6 Å². The molecule has 1 aliphatic carbocycles. The Balaban J connectivity index is 2.37. The molecule has 2 aromatic rings. The molecule has 1 aliphatic rings. The lowest BCUT2D eigenvalue weighted by Crippen LogP contribution is -2.40. The molecule has 0 fully saturated rings. The van der Waals surface area contributed by atoms with Crippen molar-refractivity contribution in [1.29, 1.82) is 0 Å². The number of aromatic nitrogens is 2. The Labute approximate surface area is 102 Å². The van der Waals surface area contributed by atoms with Gasteiger partial charge in [-0.15, -0.1) is 0 Å². The Kier molecular flexibility index (Phi) is 2.04. The predicted octanol–water partition coefficient (Wildman–Crippen LogP) is 0.799. The number of ketones is 2. The highest BCUT2D eigenvalue weighted by Crippen LogP contribution is 2.23. The van der Waals surface area contributed by atoms with Crippen LogP contribution in [-0.4, -0.2) is 16.6 Å². The second-order valence-electron chi connectivity index (χ2n) is 4.16. The zero-order chi connectivity index (χ0) is 12.9. The summed E-state index contributed by atoms with van der Waals surface area (Å²) in [5, 5.41) is 11.8. The van der Waals surface area contributed by atoms with E-state index in [2.05, 4.69) is 4.98 Å². The van der Waals surface area contributed by atoms with Crippen LogP contribution in [0.5, 0.6) is 0 Å². The van der Waals surface area contributed by atoms with Crippen molar-refractivity contribution >= 4 is 11.6 Å². The minimum atomic E-state index is -0.456. The first-order chi connectivity index (χ1) is 8.59. The summed E-state index contributed by atoms with van der Waals surface area (Å²) in [7, 11) is 0. The molecular weight excluding hydrogens is 232 g/mol. The maximum Gasteiger partial charge on any atom is 0.276 e. The van der Waals surface area contributed by atoms with Crippen LogP contribution in [0.2, 0.25) is 0 Å². The van der Waals surface area contributed by atoms with Crippen molar-refractivity contribution in [3.8, 4) is 0 Å². The summed E-state index contributed by atoms with van der Waals surface area (Å²) in [6.07, 6.45) is 2.74. The van der Waals surface area contributed by atoms with Gasteiger partial charge in [-0.2, -0.15) is 4.73 Å². The lowest BCUT2D eigenvalue weighted by Gasteiger charge is -2.15. The fourth-order valence-corrected chi connectivity index (χ4v) is 2.12. The minimum absolute atomic E-state index is 0.112. The zero-order valence-corrected chi connectivity index (χ0v) is 9.51. The third kappa shape index (κ3) is 1.27. The first-order valence-electron chi connectivity index (χ1n) is 5.38. The maximum absolute atomic E-state index is 12.2. The van der Waals surface area contributed by atoms with Crippen LogP contribution in [0, 0.1) is 12.1 Å². The quantitative estimate of drug-likeness (QED) is 0.430. The third-order valence-corrected chi connectivity index (χ3v) is 2.90. The summed E-state index contributed by atoms with van der Waals surface area (Å²) < 4.78 is 0.459. The molecule has 0 bridgehead atoms. The van der Waals surface area contributed by atoms with E-state index in [-0.39, 0.29) is 28.3 Å². The van der Waals surface area contributed by atoms with E-state index in [1.165, 1.54) is 18.5 Å². The predicted molar refractivity (Wildman–Crippen MR) is 61.2 cm³/mol. The van der Waals surface area contributed by atoms with E-state index < -0.39 is 5.78 Å². The molecular formula is C13H8N2O3. The molecule has 0 spiro atoms. The number of pyridine rings is 2. The van der Waals surface area contributed by atoms with Gasteiger partial charge in [-0.05, 0) is 25.1 Å². The van der Waals surface area contributed by atoms with E-state index in [0.717, 1.165) is 0 Å². The summed E-state index contributed by atoms with van der Waals surface area (Å²) >= 11 is 0. The molecule has 0 radical (unpaired) electrons. The van der Waals surface area contributed by atoms with Gasteiger partial charge in [0.1, 0.15) is 11.3 Å². The molecule has 0 saturated carbocycles. The van der Waals surface area contributed by atoms with E-state index in [1.54, 1.807) is 19.1 Å². The molecule has 0 aromatic carbocycles. The monoisotopic (exact) mass is 240 g/mol. The van der Waals surface area contributed by atoms with E-state index >= 15 is 0 Å². The summed E-state index contributed by atoms with van der Waals surface area (Å²) in [5.41, 5.74) is 0.931. The van der Waals surface area contributed by atoms with Crippen LogP contribution in [0.15, 0.2) is 30.6 Å².